The van der Waals surface area contributed by atoms with Crippen molar-refractivity contribution in [3.63, 3.8) is 0 Å². The van der Waals surface area contributed by atoms with Crippen molar-refractivity contribution in [2.75, 3.05) is 14.2 Å². The molecule has 0 radical (unpaired) electrons. The first-order chi connectivity index (χ1) is 19.2. The van der Waals surface area contributed by atoms with Gasteiger partial charge >= 0.3 is 0 Å². The Hall–Kier alpha value is -1.55. The molecule has 1 aromatic carbocycles. The second kappa shape index (κ2) is 12.0. The minimum absolute atomic E-state index is 0.0984. The maximum Gasteiger partial charge on any atom is 0.222 e. The van der Waals surface area contributed by atoms with Crippen LogP contribution in [0.3, 0.4) is 0 Å². The van der Waals surface area contributed by atoms with Crippen molar-refractivity contribution in [1.82, 2.24) is 4.90 Å². The number of hydrogen-bond donors (Lipinski definition) is 1. The molecule has 0 aliphatic heterocycles. The largest absolute Gasteiger partial charge is 0.497 e. The number of aryl methyl sites for hydroxylation is 1. The van der Waals surface area contributed by atoms with E-state index in [1.165, 1.54) is 89.0 Å². The number of amides is 1. The quantitative estimate of drug-likeness (QED) is 0.250. The van der Waals surface area contributed by atoms with Crippen LogP contribution in [0.2, 0.25) is 0 Å². The number of fused-ring (bicyclic) bond motifs is 3. The smallest absolute Gasteiger partial charge is 0.222 e. The summed E-state index contributed by atoms with van der Waals surface area (Å²) in [5, 5.41) is 11.8. The zero-order valence-corrected chi connectivity index (χ0v) is 26.3. The predicted octanol–water partition coefficient (Wildman–Crippen LogP) is 8.44. The molecule has 4 heteroatoms. The van der Waals surface area contributed by atoms with Crippen molar-refractivity contribution in [3.05, 3.63) is 29.3 Å². The van der Waals surface area contributed by atoms with Crippen molar-refractivity contribution in [3.8, 4) is 5.75 Å². The number of nitrogens with zero attached hydrogens (tertiary/aromatic N) is 1. The molecule has 4 aliphatic rings. The standard InChI is InChI=1S/C36H57NO3/c1-26(2)37(4)32(38)15-13-11-9-7-6-8-10-12-14-28-25-34(3)35(20-22-36(34,39)23-21-35)31-19-16-27-24-29(40-5)17-18-30(27)33(28)31/h17-18,24,26,28,31,33,39H,6-16,19-23,25H2,1-5H3/t28-,31?,33?,34-,35?,36?/m0/s1. The SMILES string of the molecule is COc1ccc2c(c1)CCC1C2[C@@H](CCCCCCCCCCC(=O)N(C)C(C)C)C[C@]2(C)C3(O)CCC12CC3. The molecule has 2 bridgehead atoms. The third kappa shape index (κ3) is 5.13. The van der Waals surface area contributed by atoms with Gasteiger partial charge in [-0.05, 0) is 118 Å². The lowest BCUT2D eigenvalue weighted by atomic mass is 9.45. The summed E-state index contributed by atoms with van der Waals surface area (Å²) >= 11 is 0. The Morgan fingerprint density at radius 1 is 1.02 bits per heavy atom. The Kier molecular flexibility index (Phi) is 8.96. The molecule has 3 fully saturated rings. The first-order valence-corrected chi connectivity index (χ1v) is 16.8. The molecule has 0 saturated heterocycles. The van der Waals surface area contributed by atoms with Gasteiger partial charge in [0.15, 0.2) is 0 Å². The summed E-state index contributed by atoms with van der Waals surface area (Å²) in [7, 11) is 3.70. The molecule has 4 aliphatic carbocycles. The molecule has 1 N–H and O–H groups in total. The molecule has 1 aromatic rings. The first kappa shape index (κ1) is 29.9. The number of aliphatic hydroxyl groups is 1. The number of hydrogen-bond acceptors (Lipinski definition) is 3. The molecule has 224 valence electrons. The second-order valence-corrected chi connectivity index (χ2v) is 14.7. The molecule has 0 spiro atoms. The fraction of sp³-hybridized carbons (Fsp3) is 0.806. The molecule has 40 heavy (non-hydrogen) atoms. The van der Waals surface area contributed by atoms with Gasteiger partial charge in [0, 0.05) is 24.9 Å². The zero-order chi connectivity index (χ0) is 28.5. The van der Waals surface area contributed by atoms with Crippen LogP contribution in [-0.4, -0.2) is 41.7 Å². The maximum absolute atomic E-state index is 12.2. The summed E-state index contributed by atoms with van der Waals surface area (Å²) in [6, 6.07) is 7.21. The lowest BCUT2D eigenvalue weighted by molar-refractivity contribution is -0.131. The molecular weight excluding hydrogens is 494 g/mol. The monoisotopic (exact) mass is 551 g/mol. The van der Waals surface area contributed by atoms with Crippen molar-refractivity contribution in [2.45, 2.75) is 147 Å². The fourth-order valence-electron chi connectivity index (χ4n) is 10.2. The Balaban J connectivity index is 1.14. The van der Waals surface area contributed by atoms with Gasteiger partial charge in [0.1, 0.15) is 5.75 Å². The first-order valence-electron chi connectivity index (χ1n) is 16.8. The highest BCUT2D eigenvalue weighted by Gasteiger charge is 2.74. The third-order valence-electron chi connectivity index (χ3n) is 12.7. The Labute approximate surface area is 244 Å². The number of carbonyl (C=O) groups excluding carboxylic acids is 1. The van der Waals surface area contributed by atoms with E-state index in [2.05, 4.69) is 39.0 Å². The molecule has 2 unspecified atom stereocenters. The second-order valence-electron chi connectivity index (χ2n) is 14.7. The van der Waals surface area contributed by atoms with E-state index in [9.17, 15) is 9.90 Å². The highest BCUT2D eigenvalue weighted by atomic mass is 16.5. The fourth-order valence-corrected chi connectivity index (χ4v) is 10.2. The number of benzene rings is 1. The minimum atomic E-state index is -0.425. The zero-order valence-electron chi connectivity index (χ0n) is 26.3. The van der Waals surface area contributed by atoms with Gasteiger partial charge in [-0.25, -0.2) is 0 Å². The van der Waals surface area contributed by atoms with Crippen LogP contribution in [0, 0.1) is 22.7 Å². The predicted molar refractivity (Wildman–Crippen MR) is 164 cm³/mol. The molecule has 5 rings (SSSR count). The van der Waals surface area contributed by atoms with E-state index in [4.69, 9.17) is 4.74 Å². The Morgan fingerprint density at radius 3 is 2.33 bits per heavy atom. The van der Waals surface area contributed by atoms with E-state index in [0.29, 0.717) is 29.7 Å². The van der Waals surface area contributed by atoms with E-state index >= 15 is 0 Å². The summed E-state index contributed by atoms with van der Waals surface area (Å²) in [4.78, 5) is 14.0. The van der Waals surface area contributed by atoms with E-state index in [1.54, 1.807) is 12.7 Å². The molecular formula is C36H57NO3. The number of carbonyl (C=O) groups is 1. The summed E-state index contributed by atoms with van der Waals surface area (Å²) in [5.41, 5.74) is 3.15. The van der Waals surface area contributed by atoms with Gasteiger partial charge in [-0.15, -0.1) is 0 Å². The van der Waals surface area contributed by atoms with Crippen LogP contribution in [0.15, 0.2) is 18.2 Å². The average molecular weight is 552 g/mol. The van der Waals surface area contributed by atoms with Crippen LogP contribution in [0.25, 0.3) is 0 Å². The lowest BCUT2D eigenvalue weighted by Crippen LogP contribution is -2.54. The molecule has 4 atom stereocenters. The van der Waals surface area contributed by atoms with E-state index < -0.39 is 5.60 Å². The number of ether oxygens (including phenoxy) is 1. The van der Waals surface area contributed by atoms with Gasteiger partial charge in [0.2, 0.25) is 5.91 Å². The summed E-state index contributed by atoms with van der Waals surface area (Å²) in [5.74, 6) is 3.34. The molecule has 0 heterocycles. The van der Waals surface area contributed by atoms with Crippen molar-refractivity contribution in [2.24, 2.45) is 22.7 Å². The highest BCUT2D eigenvalue weighted by Crippen LogP contribution is 2.78. The van der Waals surface area contributed by atoms with Gasteiger partial charge in [0.05, 0.1) is 12.7 Å². The van der Waals surface area contributed by atoms with Gasteiger partial charge in [-0.1, -0.05) is 57.9 Å². The van der Waals surface area contributed by atoms with Gasteiger partial charge in [0.25, 0.3) is 0 Å². The number of unbranched alkanes of at least 4 members (excludes halogenated alkanes) is 7. The molecule has 4 nitrogen and oxygen atoms in total. The van der Waals surface area contributed by atoms with Crippen LogP contribution in [0.1, 0.15) is 141 Å². The Morgan fingerprint density at radius 2 is 1.68 bits per heavy atom. The third-order valence-corrected chi connectivity index (χ3v) is 12.7. The average Bonchev–Trinajstić information content (AvgIpc) is 3.32. The van der Waals surface area contributed by atoms with Crippen molar-refractivity contribution < 1.29 is 14.6 Å². The van der Waals surface area contributed by atoms with Crippen LogP contribution < -0.4 is 4.74 Å². The molecule has 3 saturated carbocycles. The van der Waals surface area contributed by atoms with E-state index in [-0.39, 0.29) is 11.3 Å². The van der Waals surface area contributed by atoms with E-state index in [1.807, 2.05) is 11.9 Å². The van der Waals surface area contributed by atoms with Gasteiger partial charge < -0.3 is 14.7 Å². The number of rotatable bonds is 13. The van der Waals surface area contributed by atoms with Crippen LogP contribution in [0.4, 0.5) is 0 Å². The Bertz CT molecular complexity index is 1020. The normalized spacial score (nSPS) is 33.9. The summed E-state index contributed by atoms with van der Waals surface area (Å²) in [6.07, 6.45) is 20.2. The summed E-state index contributed by atoms with van der Waals surface area (Å²) < 4.78 is 5.60. The van der Waals surface area contributed by atoms with Crippen molar-refractivity contribution >= 4 is 5.91 Å². The molecule has 0 aromatic heterocycles. The van der Waals surface area contributed by atoms with Crippen LogP contribution in [-0.2, 0) is 11.2 Å². The van der Waals surface area contributed by atoms with Crippen LogP contribution >= 0.6 is 0 Å². The maximum atomic E-state index is 12.2. The van der Waals surface area contributed by atoms with Crippen LogP contribution in [0.5, 0.6) is 5.75 Å². The lowest BCUT2D eigenvalue weighted by Gasteiger charge is -2.59. The molecule has 1 amide bonds. The van der Waals surface area contributed by atoms with E-state index in [0.717, 1.165) is 30.9 Å². The summed E-state index contributed by atoms with van der Waals surface area (Å²) in [6.45, 7) is 6.65. The van der Waals surface area contributed by atoms with Gasteiger partial charge in [-0.2, -0.15) is 0 Å². The number of methoxy groups -OCH3 is 1. The van der Waals surface area contributed by atoms with Gasteiger partial charge in [-0.3, -0.25) is 4.79 Å². The minimum Gasteiger partial charge on any atom is -0.497 e. The van der Waals surface area contributed by atoms with Crippen molar-refractivity contribution in [1.29, 1.82) is 0 Å². The highest BCUT2D eigenvalue weighted by molar-refractivity contribution is 5.76. The topological polar surface area (TPSA) is 49.8 Å².